The fourth-order valence-electron chi connectivity index (χ4n) is 3.47. The van der Waals surface area contributed by atoms with Crippen LogP contribution in [0.1, 0.15) is 36.8 Å². The summed E-state index contributed by atoms with van der Waals surface area (Å²) in [7, 11) is -3.66. The molecule has 2 aliphatic rings. The maximum Gasteiger partial charge on any atom is 0.240 e. The van der Waals surface area contributed by atoms with Gasteiger partial charge in [-0.2, -0.15) is 0 Å². The highest BCUT2D eigenvalue weighted by atomic mass is 32.2. The van der Waals surface area contributed by atoms with E-state index in [2.05, 4.69) is 4.72 Å². The van der Waals surface area contributed by atoms with E-state index in [1.165, 1.54) is 5.56 Å². The van der Waals surface area contributed by atoms with E-state index in [0.29, 0.717) is 26.1 Å². The molecule has 7 heteroatoms. The fourth-order valence-corrected chi connectivity index (χ4v) is 4.64. The molecule has 0 bridgehead atoms. The number of sulfonamides is 1. The molecular formula is C17H24N2O4S. The Morgan fingerprint density at radius 2 is 1.83 bits per heavy atom. The van der Waals surface area contributed by atoms with Crippen molar-refractivity contribution >= 4 is 15.9 Å². The number of hydrogen-bond acceptors (Lipinski definition) is 4. The number of aryl methyl sites for hydroxylation is 2. The van der Waals surface area contributed by atoms with Crippen LogP contribution in [0, 0.1) is 5.41 Å². The predicted octanol–water partition coefficient (Wildman–Crippen LogP) is 1.13. The Balaban J connectivity index is 1.77. The van der Waals surface area contributed by atoms with E-state index in [1.54, 1.807) is 12.1 Å². The first kappa shape index (κ1) is 17.4. The molecule has 1 aromatic carbocycles. The van der Waals surface area contributed by atoms with Crippen LogP contribution >= 0.6 is 0 Å². The molecule has 1 saturated heterocycles. The van der Waals surface area contributed by atoms with Gasteiger partial charge < -0.3 is 10.5 Å². The molecule has 132 valence electrons. The van der Waals surface area contributed by atoms with Crippen LogP contribution in [-0.2, 0) is 32.4 Å². The Morgan fingerprint density at radius 3 is 2.50 bits per heavy atom. The molecular weight excluding hydrogens is 328 g/mol. The van der Waals surface area contributed by atoms with Crippen molar-refractivity contribution in [2.75, 3.05) is 19.8 Å². The SMILES string of the molecule is NC(=O)C1(CNS(=O)(=O)c2ccc3c(c2)CCCC3)CCOCC1. The van der Waals surface area contributed by atoms with Gasteiger partial charge >= 0.3 is 0 Å². The molecule has 0 atom stereocenters. The number of carbonyl (C=O) groups excluding carboxylic acids is 1. The average molecular weight is 352 g/mol. The molecule has 1 aromatic rings. The molecule has 0 radical (unpaired) electrons. The maximum absolute atomic E-state index is 12.6. The van der Waals surface area contributed by atoms with Gasteiger partial charge in [-0.3, -0.25) is 4.79 Å². The van der Waals surface area contributed by atoms with Crippen LogP contribution in [0.3, 0.4) is 0 Å². The first-order chi connectivity index (χ1) is 11.4. The minimum atomic E-state index is -3.66. The Kier molecular flexibility index (Phi) is 4.94. The summed E-state index contributed by atoms with van der Waals surface area (Å²) >= 11 is 0. The number of carbonyl (C=O) groups is 1. The Morgan fingerprint density at radius 1 is 1.17 bits per heavy atom. The third-order valence-electron chi connectivity index (χ3n) is 5.20. The standard InChI is InChI=1S/C17H24N2O4S/c18-16(20)17(7-9-23-10-8-17)12-19-24(21,22)15-6-5-13-3-1-2-4-14(13)11-15/h5-6,11,19H,1-4,7-10,12H2,(H2,18,20). The molecule has 3 rings (SSSR count). The highest BCUT2D eigenvalue weighted by Crippen LogP contribution is 2.30. The monoisotopic (exact) mass is 352 g/mol. The van der Waals surface area contributed by atoms with Crippen LogP contribution in [0.25, 0.3) is 0 Å². The van der Waals surface area contributed by atoms with Gasteiger partial charge in [-0.15, -0.1) is 0 Å². The topological polar surface area (TPSA) is 98.5 Å². The number of nitrogens with two attached hydrogens (primary N) is 1. The molecule has 0 spiro atoms. The summed E-state index contributed by atoms with van der Waals surface area (Å²) in [4.78, 5) is 12.1. The zero-order valence-corrected chi connectivity index (χ0v) is 14.5. The Labute approximate surface area is 142 Å². The zero-order valence-electron chi connectivity index (χ0n) is 13.7. The van der Waals surface area contributed by atoms with Crippen molar-refractivity contribution in [2.24, 2.45) is 11.1 Å². The second-order valence-corrected chi connectivity index (χ2v) is 8.49. The third kappa shape index (κ3) is 3.48. The van der Waals surface area contributed by atoms with E-state index in [9.17, 15) is 13.2 Å². The van der Waals surface area contributed by atoms with Crippen molar-refractivity contribution in [2.45, 2.75) is 43.4 Å². The van der Waals surface area contributed by atoms with Gasteiger partial charge in [-0.1, -0.05) is 6.07 Å². The molecule has 0 saturated carbocycles. The molecule has 3 N–H and O–H groups in total. The normalized spacial score (nSPS) is 20.3. The summed E-state index contributed by atoms with van der Waals surface area (Å²) in [6.07, 6.45) is 5.05. The van der Waals surface area contributed by atoms with Crippen molar-refractivity contribution in [3.63, 3.8) is 0 Å². The van der Waals surface area contributed by atoms with E-state index in [4.69, 9.17) is 10.5 Å². The summed E-state index contributed by atoms with van der Waals surface area (Å²) in [6.45, 7) is 0.859. The number of nitrogens with one attached hydrogen (secondary N) is 1. The number of benzene rings is 1. The second-order valence-electron chi connectivity index (χ2n) is 6.72. The van der Waals surface area contributed by atoms with Crippen molar-refractivity contribution < 1.29 is 17.9 Å². The van der Waals surface area contributed by atoms with E-state index in [1.807, 2.05) is 6.07 Å². The lowest BCUT2D eigenvalue weighted by Crippen LogP contribution is -2.49. The van der Waals surface area contributed by atoms with Crippen LogP contribution in [-0.4, -0.2) is 34.1 Å². The molecule has 1 heterocycles. The molecule has 6 nitrogen and oxygen atoms in total. The van der Waals surface area contributed by atoms with Crippen molar-refractivity contribution in [1.29, 1.82) is 0 Å². The average Bonchev–Trinajstić information content (AvgIpc) is 2.60. The first-order valence-electron chi connectivity index (χ1n) is 8.42. The molecule has 1 aliphatic heterocycles. The highest BCUT2D eigenvalue weighted by molar-refractivity contribution is 7.89. The lowest BCUT2D eigenvalue weighted by atomic mass is 9.80. The Bertz CT molecular complexity index is 724. The largest absolute Gasteiger partial charge is 0.381 e. The van der Waals surface area contributed by atoms with Crippen LogP contribution in [0.4, 0.5) is 0 Å². The number of primary amides is 1. The summed E-state index contributed by atoms with van der Waals surface area (Å²) in [6, 6.07) is 5.31. The smallest absolute Gasteiger partial charge is 0.240 e. The summed E-state index contributed by atoms with van der Waals surface area (Å²) in [5.74, 6) is -0.473. The van der Waals surface area contributed by atoms with Gasteiger partial charge in [0.2, 0.25) is 15.9 Å². The molecule has 0 aromatic heterocycles. The molecule has 1 aliphatic carbocycles. The van der Waals surface area contributed by atoms with E-state index < -0.39 is 21.3 Å². The summed E-state index contributed by atoms with van der Waals surface area (Å²) in [5.41, 5.74) is 7.02. The minimum absolute atomic E-state index is 0.0190. The van der Waals surface area contributed by atoms with Gasteiger partial charge in [0, 0.05) is 19.8 Å². The predicted molar refractivity (Wildman–Crippen MR) is 90.0 cm³/mol. The van der Waals surface area contributed by atoms with Crippen LogP contribution in [0.2, 0.25) is 0 Å². The van der Waals surface area contributed by atoms with Gasteiger partial charge in [0.1, 0.15) is 0 Å². The zero-order chi connectivity index (χ0) is 17.2. The lowest BCUT2D eigenvalue weighted by molar-refractivity contribution is -0.132. The van der Waals surface area contributed by atoms with Crippen molar-refractivity contribution in [3.05, 3.63) is 29.3 Å². The Hall–Kier alpha value is -1.44. The molecule has 1 fully saturated rings. The number of fused-ring (bicyclic) bond motifs is 1. The first-order valence-corrected chi connectivity index (χ1v) is 9.90. The van der Waals surface area contributed by atoms with E-state index >= 15 is 0 Å². The van der Waals surface area contributed by atoms with Gasteiger partial charge in [-0.05, 0) is 61.8 Å². The number of amides is 1. The quantitative estimate of drug-likeness (QED) is 0.830. The van der Waals surface area contributed by atoms with Gasteiger partial charge in [0.25, 0.3) is 0 Å². The molecule has 0 unspecified atom stereocenters. The maximum atomic E-state index is 12.6. The van der Waals surface area contributed by atoms with Gasteiger partial charge in [-0.25, -0.2) is 13.1 Å². The van der Waals surface area contributed by atoms with Crippen molar-refractivity contribution in [3.8, 4) is 0 Å². The number of rotatable bonds is 5. The fraction of sp³-hybridized carbons (Fsp3) is 0.588. The van der Waals surface area contributed by atoms with Crippen LogP contribution in [0.15, 0.2) is 23.1 Å². The van der Waals surface area contributed by atoms with Crippen LogP contribution in [0.5, 0.6) is 0 Å². The minimum Gasteiger partial charge on any atom is -0.381 e. The van der Waals surface area contributed by atoms with Crippen molar-refractivity contribution in [1.82, 2.24) is 4.72 Å². The lowest BCUT2D eigenvalue weighted by Gasteiger charge is -2.34. The van der Waals surface area contributed by atoms with E-state index in [-0.39, 0.29) is 11.4 Å². The third-order valence-corrected chi connectivity index (χ3v) is 6.60. The molecule has 24 heavy (non-hydrogen) atoms. The van der Waals surface area contributed by atoms with Gasteiger partial charge in [0.05, 0.1) is 10.3 Å². The second kappa shape index (κ2) is 6.82. The highest BCUT2D eigenvalue weighted by Gasteiger charge is 2.39. The number of hydrogen-bond donors (Lipinski definition) is 2. The number of ether oxygens (including phenoxy) is 1. The molecule has 1 amide bonds. The van der Waals surface area contributed by atoms with Gasteiger partial charge in [0.15, 0.2) is 0 Å². The summed E-state index contributed by atoms with van der Waals surface area (Å²) in [5, 5.41) is 0. The summed E-state index contributed by atoms with van der Waals surface area (Å²) < 4.78 is 33.1. The van der Waals surface area contributed by atoms with Crippen LogP contribution < -0.4 is 10.5 Å². The van der Waals surface area contributed by atoms with E-state index in [0.717, 1.165) is 31.2 Å².